The Hall–Kier alpha value is -5.60. The molecule has 0 amide bonds. The van der Waals surface area contributed by atoms with E-state index < -0.39 is 0 Å². The fourth-order valence-electron chi connectivity index (χ4n) is 6.80. The van der Waals surface area contributed by atoms with Gasteiger partial charge in [-0.25, -0.2) is 0 Å². The molecule has 2 aromatic heterocycles. The van der Waals surface area contributed by atoms with Gasteiger partial charge in [0.05, 0.1) is 11.2 Å². The first kappa shape index (κ1) is 23.1. The summed E-state index contributed by atoms with van der Waals surface area (Å²) < 4.78 is 0. The fourth-order valence-corrected chi connectivity index (χ4v) is 6.80. The minimum atomic E-state index is 0.967. The zero-order chi connectivity index (χ0) is 27.6. The summed E-state index contributed by atoms with van der Waals surface area (Å²) in [4.78, 5) is 9.50. The van der Waals surface area contributed by atoms with Crippen LogP contribution in [0.3, 0.4) is 0 Å². The third-order valence-corrected chi connectivity index (χ3v) is 8.70. The van der Waals surface area contributed by atoms with E-state index in [9.17, 15) is 0 Å². The van der Waals surface area contributed by atoms with Gasteiger partial charge in [0.15, 0.2) is 0 Å². The summed E-state index contributed by atoms with van der Waals surface area (Å²) in [6.07, 6.45) is 3.78. The standard InChI is InChI=1S/C40H24N2/c1-2-10-29-25(8-1)17-18-34-39(29)33-14-6-4-12-31(33)36-24-35(30-11-3-5-13-32(30)40(34)36)38-23-28(19-21-42-38)27-16-15-26-9-7-20-41-37(26)22-27/h1-24H. The second-order valence-electron chi connectivity index (χ2n) is 11.0. The summed E-state index contributed by atoms with van der Waals surface area (Å²) >= 11 is 0. The van der Waals surface area contributed by atoms with Gasteiger partial charge in [0, 0.05) is 23.3 Å². The molecule has 0 fully saturated rings. The number of nitrogens with zero attached hydrogens (tertiary/aromatic N) is 2. The van der Waals surface area contributed by atoms with E-state index in [0.717, 1.165) is 33.3 Å². The van der Waals surface area contributed by atoms with Crippen LogP contribution >= 0.6 is 0 Å². The average Bonchev–Trinajstić information content (AvgIpc) is 3.07. The molecular formula is C40H24N2. The van der Waals surface area contributed by atoms with Crippen molar-refractivity contribution in [3.8, 4) is 22.4 Å². The maximum absolute atomic E-state index is 4.92. The third kappa shape index (κ3) is 3.39. The third-order valence-electron chi connectivity index (χ3n) is 8.70. The maximum Gasteiger partial charge on any atom is 0.0714 e. The van der Waals surface area contributed by atoms with E-state index >= 15 is 0 Å². The van der Waals surface area contributed by atoms with Crippen LogP contribution in [0.15, 0.2) is 146 Å². The van der Waals surface area contributed by atoms with Gasteiger partial charge in [-0.2, -0.15) is 0 Å². The first-order valence-corrected chi connectivity index (χ1v) is 14.3. The molecule has 0 bridgehead atoms. The highest BCUT2D eigenvalue weighted by Gasteiger charge is 2.17. The quantitative estimate of drug-likeness (QED) is 0.207. The van der Waals surface area contributed by atoms with Crippen molar-refractivity contribution in [1.82, 2.24) is 9.97 Å². The van der Waals surface area contributed by atoms with Crippen molar-refractivity contribution in [2.45, 2.75) is 0 Å². The van der Waals surface area contributed by atoms with Gasteiger partial charge >= 0.3 is 0 Å². The van der Waals surface area contributed by atoms with Gasteiger partial charge in [0.2, 0.25) is 0 Å². The molecule has 0 unspecified atom stereocenters. The van der Waals surface area contributed by atoms with Gasteiger partial charge in [-0.15, -0.1) is 0 Å². The van der Waals surface area contributed by atoms with E-state index in [1.807, 2.05) is 18.5 Å². The minimum absolute atomic E-state index is 0.967. The van der Waals surface area contributed by atoms with Crippen molar-refractivity contribution in [2.75, 3.05) is 0 Å². The molecule has 2 heterocycles. The molecule has 9 rings (SSSR count). The van der Waals surface area contributed by atoms with Crippen LogP contribution in [0.1, 0.15) is 0 Å². The Labute approximate surface area is 242 Å². The zero-order valence-corrected chi connectivity index (χ0v) is 22.8. The van der Waals surface area contributed by atoms with Crippen LogP contribution in [0, 0.1) is 0 Å². The molecule has 7 aromatic carbocycles. The number of pyridine rings is 2. The summed E-state index contributed by atoms with van der Waals surface area (Å²) in [5.41, 5.74) is 5.37. The molecule has 194 valence electrons. The molecule has 0 radical (unpaired) electrons. The van der Waals surface area contributed by atoms with Gasteiger partial charge in [-0.1, -0.05) is 103 Å². The summed E-state index contributed by atoms with van der Waals surface area (Å²) in [7, 11) is 0. The predicted octanol–water partition coefficient (Wildman–Crippen LogP) is 10.7. The number of hydrogen-bond acceptors (Lipinski definition) is 2. The Morgan fingerprint density at radius 2 is 1.02 bits per heavy atom. The minimum Gasteiger partial charge on any atom is -0.256 e. The van der Waals surface area contributed by atoms with E-state index in [2.05, 4.69) is 132 Å². The van der Waals surface area contributed by atoms with Crippen molar-refractivity contribution in [3.05, 3.63) is 146 Å². The van der Waals surface area contributed by atoms with Crippen molar-refractivity contribution < 1.29 is 0 Å². The van der Waals surface area contributed by atoms with Crippen LogP contribution in [0.2, 0.25) is 0 Å². The van der Waals surface area contributed by atoms with Crippen LogP contribution in [-0.4, -0.2) is 9.97 Å². The molecule has 0 spiro atoms. The van der Waals surface area contributed by atoms with Crippen LogP contribution in [0.4, 0.5) is 0 Å². The smallest absolute Gasteiger partial charge is 0.0714 e. The van der Waals surface area contributed by atoms with Crippen LogP contribution < -0.4 is 0 Å². The lowest BCUT2D eigenvalue weighted by atomic mass is 9.86. The Morgan fingerprint density at radius 1 is 0.357 bits per heavy atom. The molecule has 0 aliphatic carbocycles. The van der Waals surface area contributed by atoms with E-state index in [4.69, 9.17) is 4.98 Å². The van der Waals surface area contributed by atoms with Gasteiger partial charge < -0.3 is 0 Å². The SMILES string of the molecule is c1cnc2cc(-c3ccnc(-c4cc5c6ccccc6c6c7ccccc7ccc6c5c5ccccc45)c3)ccc2c1. The van der Waals surface area contributed by atoms with E-state index in [1.54, 1.807) is 0 Å². The summed E-state index contributed by atoms with van der Waals surface area (Å²) in [6.45, 7) is 0. The molecule has 0 atom stereocenters. The van der Waals surface area contributed by atoms with Crippen LogP contribution in [-0.2, 0) is 0 Å². The van der Waals surface area contributed by atoms with Gasteiger partial charge in [-0.05, 0) is 95.3 Å². The number of hydrogen-bond donors (Lipinski definition) is 0. The number of fused-ring (bicyclic) bond motifs is 11. The highest BCUT2D eigenvalue weighted by Crippen LogP contribution is 2.44. The second kappa shape index (κ2) is 8.95. The summed E-state index contributed by atoms with van der Waals surface area (Å²) in [6, 6.07) is 48.2. The first-order valence-electron chi connectivity index (χ1n) is 14.3. The normalized spacial score (nSPS) is 11.8. The predicted molar refractivity (Wildman–Crippen MR) is 178 cm³/mol. The molecule has 42 heavy (non-hydrogen) atoms. The second-order valence-corrected chi connectivity index (χ2v) is 11.0. The lowest BCUT2D eigenvalue weighted by Crippen LogP contribution is -1.91. The summed E-state index contributed by atoms with van der Waals surface area (Å²) in [5.74, 6) is 0. The van der Waals surface area contributed by atoms with E-state index in [0.29, 0.717) is 0 Å². The van der Waals surface area contributed by atoms with Gasteiger partial charge in [0.1, 0.15) is 0 Å². The Balaban J connectivity index is 1.38. The molecule has 0 aliphatic heterocycles. The summed E-state index contributed by atoms with van der Waals surface area (Å²) in [5, 5.41) is 13.9. The van der Waals surface area contributed by atoms with E-state index in [-0.39, 0.29) is 0 Å². The highest BCUT2D eigenvalue weighted by molar-refractivity contribution is 6.36. The molecule has 0 N–H and O–H groups in total. The van der Waals surface area contributed by atoms with Crippen molar-refractivity contribution >= 4 is 64.8 Å². The van der Waals surface area contributed by atoms with E-state index in [1.165, 1.54) is 53.9 Å². The van der Waals surface area contributed by atoms with Crippen LogP contribution in [0.5, 0.6) is 0 Å². The Kier molecular flexibility index (Phi) is 4.93. The highest BCUT2D eigenvalue weighted by atomic mass is 14.7. The Morgan fingerprint density at radius 3 is 1.90 bits per heavy atom. The zero-order valence-electron chi connectivity index (χ0n) is 22.8. The molecule has 0 saturated heterocycles. The molecule has 2 heteroatoms. The molecule has 2 nitrogen and oxygen atoms in total. The monoisotopic (exact) mass is 532 g/mol. The van der Waals surface area contributed by atoms with Crippen LogP contribution in [0.25, 0.3) is 87.1 Å². The molecular weight excluding hydrogens is 508 g/mol. The molecule has 0 saturated carbocycles. The number of aromatic nitrogens is 2. The van der Waals surface area contributed by atoms with Crippen molar-refractivity contribution in [1.29, 1.82) is 0 Å². The lowest BCUT2D eigenvalue weighted by Gasteiger charge is -2.17. The topological polar surface area (TPSA) is 25.8 Å². The van der Waals surface area contributed by atoms with Gasteiger partial charge in [0.25, 0.3) is 0 Å². The van der Waals surface area contributed by atoms with Crippen molar-refractivity contribution in [3.63, 3.8) is 0 Å². The largest absolute Gasteiger partial charge is 0.256 e. The lowest BCUT2D eigenvalue weighted by molar-refractivity contribution is 1.33. The fraction of sp³-hybridized carbons (Fsp3) is 0. The van der Waals surface area contributed by atoms with Gasteiger partial charge in [-0.3, -0.25) is 9.97 Å². The Bertz CT molecular complexity index is 2530. The molecule has 0 aliphatic rings. The first-order chi connectivity index (χ1) is 20.8. The number of benzene rings is 7. The van der Waals surface area contributed by atoms with Crippen molar-refractivity contribution in [2.24, 2.45) is 0 Å². The molecule has 9 aromatic rings. The average molecular weight is 533 g/mol. The maximum atomic E-state index is 4.92. The number of rotatable bonds is 2.